The van der Waals surface area contributed by atoms with Crippen molar-refractivity contribution in [1.82, 2.24) is 0 Å². The van der Waals surface area contributed by atoms with Gasteiger partial charge in [-0.3, -0.25) is 0 Å². The van der Waals surface area contributed by atoms with E-state index >= 15 is 0 Å². The number of benzene rings is 2. The molecule has 0 radical (unpaired) electrons. The molecule has 2 aliphatic rings. The second-order valence-corrected chi connectivity index (χ2v) is 6.67. The largest absolute Gasteiger partial charge is 0.455 e. The van der Waals surface area contributed by atoms with Gasteiger partial charge < -0.3 is 15.4 Å². The van der Waals surface area contributed by atoms with E-state index in [0.29, 0.717) is 5.92 Å². The summed E-state index contributed by atoms with van der Waals surface area (Å²) in [5.74, 6) is 2.22. The summed E-state index contributed by atoms with van der Waals surface area (Å²) < 4.78 is 6.18. The zero-order chi connectivity index (χ0) is 15.3. The number of para-hydroxylation sites is 1. The number of hydrogen-bond donors (Lipinski definition) is 1. The van der Waals surface area contributed by atoms with Crippen LogP contribution in [0.4, 0.5) is 5.69 Å². The standard InChI is InChI=1S/C18H19ClN2O/c1-11-8-9-21-14-10-12(19)6-7-16(14)22-15-5-3-2-4-13(15)18(21)17(11)20/h2-7,10-11,17-18H,8-9,20H2,1H3/t11-,17+,18-/m0/s1. The van der Waals surface area contributed by atoms with Crippen LogP contribution < -0.4 is 15.4 Å². The first kappa shape index (κ1) is 13.9. The van der Waals surface area contributed by atoms with Crippen LogP contribution >= 0.6 is 11.6 Å². The van der Waals surface area contributed by atoms with Gasteiger partial charge in [0, 0.05) is 23.2 Å². The molecule has 1 fully saturated rings. The lowest BCUT2D eigenvalue weighted by Crippen LogP contribution is -2.50. The fourth-order valence-electron chi connectivity index (χ4n) is 3.58. The van der Waals surface area contributed by atoms with E-state index in [9.17, 15) is 0 Å². The van der Waals surface area contributed by atoms with Gasteiger partial charge in [0.15, 0.2) is 5.75 Å². The smallest absolute Gasteiger partial charge is 0.150 e. The van der Waals surface area contributed by atoms with Gasteiger partial charge in [-0.1, -0.05) is 36.7 Å². The molecule has 0 bridgehead atoms. The average molecular weight is 315 g/mol. The van der Waals surface area contributed by atoms with Gasteiger partial charge >= 0.3 is 0 Å². The Balaban J connectivity index is 1.94. The molecule has 4 rings (SSSR count). The summed E-state index contributed by atoms with van der Waals surface area (Å²) in [6, 6.07) is 14.2. The van der Waals surface area contributed by atoms with Crippen LogP contribution in [0.1, 0.15) is 24.9 Å². The molecular weight excluding hydrogens is 296 g/mol. The molecule has 2 aromatic rings. The molecule has 0 amide bonds. The lowest BCUT2D eigenvalue weighted by atomic mass is 9.83. The van der Waals surface area contributed by atoms with E-state index < -0.39 is 0 Å². The molecule has 0 spiro atoms. The Hall–Kier alpha value is -1.71. The second kappa shape index (κ2) is 5.18. The van der Waals surface area contributed by atoms with Crippen molar-refractivity contribution in [3.8, 4) is 11.5 Å². The van der Waals surface area contributed by atoms with E-state index in [-0.39, 0.29) is 12.1 Å². The quantitative estimate of drug-likeness (QED) is 0.785. The minimum Gasteiger partial charge on any atom is -0.455 e. The lowest BCUT2D eigenvalue weighted by molar-refractivity contribution is 0.312. The predicted octanol–water partition coefficient (Wildman–Crippen LogP) is 4.36. The molecule has 0 aliphatic carbocycles. The van der Waals surface area contributed by atoms with Gasteiger partial charge in [0.05, 0.1) is 11.7 Å². The monoisotopic (exact) mass is 314 g/mol. The van der Waals surface area contributed by atoms with E-state index in [1.807, 2.05) is 30.3 Å². The highest BCUT2D eigenvalue weighted by Gasteiger charge is 2.39. The molecule has 0 aromatic heterocycles. The number of nitrogens with two attached hydrogens (primary N) is 1. The van der Waals surface area contributed by atoms with Gasteiger partial charge in [0.25, 0.3) is 0 Å². The summed E-state index contributed by atoms with van der Waals surface area (Å²) in [5, 5.41) is 0.722. The lowest BCUT2D eigenvalue weighted by Gasteiger charge is -2.43. The molecule has 0 saturated carbocycles. The normalized spacial score (nSPS) is 26.3. The summed E-state index contributed by atoms with van der Waals surface area (Å²) in [6.45, 7) is 3.19. The summed E-state index contributed by atoms with van der Waals surface area (Å²) >= 11 is 6.22. The first-order valence-corrected chi connectivity index (χ1v) is 8.11. The average Bonchev–Trinajstić information content (AvgIpc) is 2.65. The van der Waals surface area contributed by atoms with E-state index in [2.05, 4.69) is 24.0 Å². The summed E-state index contributed by atoms with van der Waals surface area (Å²) in [5.41, 5.74) is 8.78. The van der Waals surface area contributed by atoms with Gasteiger partial charge in [-0.15, -0.1) is 0 Å². The van der Waals surface area contributed by atoms with E-state index in [0.717, 1.165) is 40.7 Å². The maximum atomic E-state index is 6.58. The van der Waals surface area contributed by atoms with E-state index in [4.69, 9.17) is 22.1 Å². The Bertz CT molecular complexity index is 718. The third-order valence-corrected chi connectivity index (χ3v) is 5.11. The number of anilines is 1. The van der Waals surface area contributed by atoms with Crippen LogP contribution in [-0.2, 0) is 0 Å². The third kappa shape index (κ3) is 2.08. The van der Waals surface area contributed by atoms with Crippen LogP contribution in [0.2, 0.25) is 5.02 Å². The van der Waals surface area contributed by atoms with Gasteiger partial charge in [-0.2, -0.15) is 0 Å². The van der Waals surface area contributed by atoms with E-state index in [1.54, 1.807) is 0 Å². The third-order valence-electron chi connectivity index (χ3n) is 4.87. The number of halogens is 1. The van der Waals surface area contributed by atoms with Crippen molar-refractivity contribution in [2.75, 3.05) is 11.4 Å². The highest BCUT2D eigenvalue weighted by Crippen LogP contribution is 2.48. The van der Waals surface area contributed by atoms with Crippen molar-refractivity contribution in [2.45, 2.75) is 25.4 Å². The number of hydrogen-bond acceptors (Lipinski definition) is 3. The summed E-state index contributed by atoms with van der Waals surface area (Å²) in [7, 11) is 0. The zero-order valence-corrected chi connectivity index (χ0v) is 13.3. The number of rotatable bonds is 0. The maximum Gasteiger partial charge on any atom is 0.150 e. The fourth-order valence-corrected chi connectivity index (χ4v) is 3.74. The molecule has 22 heavy (non-hydrogen) atoms. The highest BCUT2D eigenvalue weighted by molar-refractivity contribution is 6.31. The fraction of sp³-hybridized carbons (Fsp3) is 0.333. The van der Waals surface area contributed by atoms with Crippen molar-refractivity contribution in [3.05, 3.63) is 53.1 Å². The molecule has 2 heterocycles. The van der Waals surface area contributed by atoms with Crippen molar-refractivity contribution < 1.29 is 4.74 Å². The van der Waals surface area contributed by atoms with Crippen molar-refractivity contribution >= 4 is 17.3 Å². The Morgan fingerprint density at radius 1 is 1.18 bits per heavy atom. The van der Waals surface area contributed by atoms with Crippen molar-refractivity contribution in [2.24, 2.45) is 11.7 Å². The number of ether oxygens (including phenoxy) is 1. The number of piperidine rings is 1. The number of nitrogens with zero attached hydrogens (tertiary/aromatic N) is 1. The predicted molar refractivity (Wildman–Crippen MR) is 89.8 cm³/mol. The Morgan fingerprint density at radius 2 is 2.00 bits per heavy atom. The maximum absolute atomic E-state index is 6.58. The van der Waals surface area contributed by atoms with Crippen LogP contribution in [0.25, 0.3) is 0 Å². The van der Waals surface area contributed by atoms with Crippen LogP contribution in [0.3, 0.4) is 0 Å². The topological polar surface area (TPSA) is 38.5 Å². The molecule has 114 valence electrons. The second-order valence-electron chi connectivity index (χ2n) is 6.23. The van der Waals surface area contributed by atoms with Crippen molar-refractivity contribution in [1.29, 1.82) is 0 Å². The van der Waals surface area contributed by atoms with E-state index in [1.165, 1.54) is 0 Å². The van der Waals surface area contributed by atoms with Gasteiger partial charge in [0.2, 0.25) is 0 Å². The Labute approximate surface area is 135 Å². The first-order valence-electron chi connectivity index (χ1n) is 7.73. The minimum absolute atomic E-state index is 0.0726. The van der Waals surface area contributed by atoms with Crippen molar-refractivity contribution in [3.63, 3.8) is 0 Å². The summed E-state index contributed by atoms with van der Waals surface area (Å²) in [4.78, 5) is 2.36. The Morgan fingerprint density at radius 3 is 2.86 bits per heavy atom. The molecular formula is C18H19ClN2O. The SMILES string of the molecule is C[C@H]1CCN2c3cc(Cl)ccc3Oc3ccccc3[C@H]2[C@@H]1N. The first-order chi connectivity index (χ1) is 10.6. The van der Waals surface area contributed by atoms with Crippen LogP contribution in [-0.4, -0.2) is 12.6 Å². The van der Waals surface area contributed by atoms with Gasteiger partial charge in [-0.25, -0.2) is 0 Å². The zero-order valence-electron chi connectivity index (χ0n) is 12.5. The molecule has 2 N–H and O–H groups in total. The van der Waals surface area contributed by atoms with Crippen LogP contribution in [0.5, 0.6) is 11.5 Å². The molecule has 2 aromatic carbocycles. The van der Waals surface area contributed by atoms with Gasteiger partial charge in [0.1, 0.15) is 5.75 Å². The molecule has 3 nitrogen and oxygen atoms in total. The number of fused-ring (bicyclic) bond motifs is 5. The van der Waals surface area contributed by atoms with Gasteiger partial charge in [-0.05, 0) is 36.6 Å². The molecule has 4 heteroatoms. The molecule has 3 atom stereocenters. The van der Waals surface area contributed by atoms with Crippen LogP contribution in [0.15, 0.2) is 42.5 Å². The van der Waals surface area contributed by atoms with Crippen LogP contribution in [0, 0.1) is 5.92 Å². The Kier molecular flexibility index (Phi) is 3.28. The summed E-state index contributed by atoms with van der Waals surface area (Å²) in [6.07, 6.45) is 1.08. The molecule has 0 unspecified atom stereocenters. The molecule has 2 aliphatic heterocycles. The molecule has 1 saturated heterocycles. The minimum atomic E-state index is 0.0726. The highest BCUT2D eigenvalue weighted by atomic mass is 35.5.